The van der Waals surface area contributed by atoms with Crippen molar-refractivity contribution in [1.82, 2.24) is 9.97 Å². The van der Waals surface area contributed by atoms with E-state index in [1.807, 2.05) is 18.2 Å². The average molecular weight is 213 g/mol. The highest BCUT2D eigenvalue weighted by atomic mass is 16.1. The lowest BCUT2D eigenvalue weighted by Gasteiger charge is -2.17. The van der Waals surface area contributed by atoms with Gasteiger partial charge in [0.2, 0.25) is 5.95 Å². The molecule has 80 valence electrons. The normalized spacial score (nSPS) is 13.0. The molecule has 3 N–H and O–H groups in total. The van der Waals surface area contributed by atoms with Crippen molar-refractivity contribution in [1.29, 1.82) is 0 Å². The number of hydrogen-bond donors (Lipinski definition) is 2. The molecule has 0 saturated carbocycles. The summed E-state index contributed by atoms with van der Waals surface area (Å²) in [5.74, 6) is 0.181. The van der Waals surface area contributed by atoms with Gasteiger partial charge in [-0.15, -0.1) is 0 Å². The molecule has 3 rings (SSSR count). The maximum Gasteiger partial charge on any atom is 0.256 e. The molecular formula is C12H11N3O. The first-order chi connectivity index (χ1) is 7.75. The first-order valence-corrected chi connectivity index (χ1v) is 5.22. The van der Waals surface area contributed by atoms with Crippen LogP contribution in [0.25, 0.3) is 11.3 Å². The van der Waals surface area contributed by atoms with Gasteiger partial charge in [-0.2, -0.15) is 0 Å². The fourth-order valence-corrected chi connectivity index (χ4v) is 2.20. The van der Waals surface area contributed by atoms with E-state index in [2.05, 4.69) is 16.0 Å². The highest BCUT2D eigenvalue weighted by molar-refractivity contribution is 5.69. The Morgan fingerprint density at radius 2 is 2.06 bits per heavy atom. The minimum atomic E-state index is -0.114. The summed E-state index contributed by atoms with van der Waals surface area (Å²) in [7, 11) is 0. The summed E-state index contributed by atoms with van der Waals surface area (Å²) < 4.78 is 0. The Hall–Kier alpha value is -2.10. The lowest BCUT2D eigenvalue weighted by molar-refractivity contribution is 0.896. The molecule has 16 heavy (non-hydrogen) atoms. The van der Waals surface area contributed by atoms with E-state index in [1.54, 1.807) is 0 Å². The fourth-order valence-electron chi connectivity index (χ4n) is 2.20. The number of hydrogen-bond acceptors (Lipinski definition) is 3. The van der Waals surface area contributed by atoms with E-state index in [9.17, 15) is 4.79 Å². The molecule has 4 nitrogen and oxygen atoms in total. The third-order valence-corrected chi connectivity index (χ3v) is 2.95. The summed E-state index contributed by atoms with van der Waals surface area (Å²) in [5, 5.41) is 0. The van der Waals surface area contributed by atoms with Crippen LogP contribution in [0.1, 0.15) is 11.1 Å². The number of anilines is 1. The van der Waals surface area contributed by atoms with E-state index in [1.165, 1.54) is 5.56 Å². The molecule has 2 aromatic rings. The summed E-state index contributed by atoms with van der Waals surface area (Å²) >= 11 is 0. The molecular weight excluding hydrogens is 202 g/mol. The lowest BCUT2D eigenvalue weighted by atomic mass is 9.90. The Balaban J connectivity index is 2.36. The van der Waals surface area contributed by atoms with E-state index >= 15 is 0 Å². The Morgan fingerprint density at radius 1 is 1.25 bits per heavy atom. The number of fused-ring (bicyclic) bond motifs is 3. The van der Waals surface area contributed by atoms with Gasteiger partial charge >= 0.3 is 0 Å². The number of nitrogens with one attached hydrogen (secondary N) is 1. The number of nitrogens with zero attached hydrogens (tertiary/aromatic N) is 1. The van der Waals surface area contributed by atoms with Gasteiger partial charge in [0, 0.05) is 11.1 Å². The Morgan fingerprint density at radius 3 is 2.94 bits per heavy atom. The number of aromatic nitrogens is 2. The summed E-state index contributed by atoms with van der Waals surface area (Å²) in [4.78, 5) is 18.5. The standard InChI is InChI=1S/C12H11N3O/c13-12-14-10-8-4-2-1-3-7(8)5-6-9(10)11(16)15-12/h1-4H,5-6H2,(H3,13,14,15,16). The Kier molecular flexibility index (Phi) is 1.83. The maximum atomic E-state index is 11.7. The predicted molar refractivity (Wildman–Crippen MR) is 62.1 cm³/mol. The summed E-state index contributed by atoms with van der Waals surface area (Å²) in [6.07, 6.45) is 1.62. The minimum absolute atomic E-state index is 0.114. The molecule has 0 fully saturated rings. The number of benzene rings is 1. The number of H-pyrrole nitrogens is 1. The molecule has 0 spiro atoms. The largest absolute Gasteiger partial charge is 0.369 e. The smallest absolute Gasteiger partial charge is 0.256 e. The van der Waals surface area contributed by atoms with Gasteiger partial charge in [-0.1, -0.05) is 24.3 Å². The molecule has 4 heteroatoms. The topological polar surface area (TPSA) is 71.8 Å². The molecule has 0 bridgehead atoms. The zero-order valence-electron chi connectivity index (χ0n) is 8.66. The molecule has 0 saturated heterocycles. The summed E-state index contributed by atoms with van der Waals surface area (Å²) in [5.41, 5.74) is 9.20. The van der Waals surface area contributed by atoms with Crippen LogP contribution in [0, 0.1) is 0 Å². The summed E-state index contributed by atoms with van der Waals surface area (Å²) in [6.45, 7) is 0. The van der Waals surface area contributed by atoms with Crippen molar-refractivity contribution in [3.05, 3.63) is 45.7 Å². The van der Waals surface area contributed by atoms with Crippen molar-refractivity contribution in [3.8, 4) is 11.3 Å². The van der Waals surface area contributed by atoms with Crippen LogP contribution in [0.5, 0.6) is 0 Å². The van der Waals surface area contributed by atoms with Crippen LogP contribution >= 0.6 is 0 Å². The number of nitrogen functional groups attached to an aromatic ring is 1. The number of aromatic amines is 1. The first kappa shape index (κ1) is 9.15. The zero-order chi connectivity index (χ0) is 11.1. The number of aryl methyl sites for hydroxylation is 1. The maximum absolute atomic E-state index is 11.7. The van der Waals surface area contributed by atoms with Gasteiger partial charge in [-0.3, -0.25) is 9.78 Å². The number of nitrogens with two attached hydrogens (primary N) is 1. The SMILES string of the molecule is Nc1nc2c(c(=O)[nH]1)CCc1ccccc1-2. The van der Waals surface area contributed by atoms with Crippen LogP contribution in [-0.2, 0) is 12.8 Å². The van der Waals surface area contributed by atoms with Crippen molar-refractivity contribution in [3.63, 3.8) is 0 Å². The van der Waals surface area contributed by atoms with Gasteiger partial charge in [0.1, 0.15) is 0 Å². The van der Waals surface area contributed by atoms with Crippen LogP contribution in [0.15, 0.2) is 29.1 Å². The lowest BCUT2D eigenvalue weighted by Crippen LogP contribution is -2.21. The second-order valence-corrected chi connectivity index (χ2v) is 3.94. The van der Waals surface area contributed by atoms with E-state index in [-0.39, 0.29) is 11.5 Å². The monoisotopic (exact) mass is 213 g/mol. The van der Waals surface area contributed by atoms with Crippen molar-refractivity contribution in [2.45, 2.75) is 12.8 Å². The highest BCUT2D eigenvalue weighted by Gasteiger charge is 2.19. The van der Waals surface area contributed by atoms with E-state index in [0.29, 0.717) is 0 Å². The van der Waals surface area contributed by atoms with Crippen LogP contribution < -0.4 is 11.3 Å². The molecule has 0 radical (unpaired) electrons. The van der Waals surface area contributed by atoms with E-state index < -0.39 is 0 Å². The molecule has 1 aliphatic carbocycles. The molecule has 1 aromatic carbocycles. The average Bonchev–Trinajstić information content (AvgIpc) is 2.28. The van der Waals surface area contributed by atoms with Gasteiger partial charge < -0.3 is 5.73 Å². The molecule has 0 amide bonds. The van der Waals surface area contributed by atoms with Gasteiger partial charge in [-0.05, 0) is 18.4 Å². The molecule has 0 atom stereocenters. The van der Waals surface area contributed by atoms with Crippen molar-refractivity contribution < 1.29 is 0 Å². The van der Waals surface area contributed by atoms with Crippen LogP contribution in [0.3, 0.4) is 0 Å². The molecule has 1 aliphatic rings. The molecule has 1 aromatic heterocycles. The van der Waals surface area contributed by atoms with Gasteiger partial charge in [0.05, 0.1) is 5.69 Å². The van der Waals surface area contributed by atoms with Crippen molar-refractivity contribution in [2.75, 3.05) is 5.73 Å². The Labute approximate surface area is 92.2 Å². The van der Waals surface area contributed by atoms with Crippen molar-refractivity contribution in [2.24, 2.45) is 0 Å². The quantitative estimate of drug-likeness (QED) is 0.688. The number of rotatable bonds is 0. The molecule has 0 unspecified atom stereocenters. The van der Waals surface area contributed by atoms with Gasteiger partial charge in [0.25, 0.3) is 5.56 Å². The zero-order valence-corrected chi connectivity index (χ0v) is 8.66. The third kappa shape index (κ3) is 1.23. The predicted octanol–water partition coefficient (Wildman–Crippen LogP) is 1.12. The molecule has 1 heterocycles. The highest BCUT2D eigenvalue weighted by Crippen LogP contribution is 2.29. The second kappa shape index (κ2) is 3.20. The Bertz CT molecular complexity index is 616. The van der Waals surface area contributed by atoms with Crippen LogP contribution in [-0.4, -0.2) is 9.97 Å². The fraction of sp³-hybridized carbons (Fsp3) is 0.167. The first-order valence-electron chi connectivity index (χ1n) is 5.22. The van der Waals surface area contributed by atoms with E-state index in [4.69, 9.17) is 5.73 Å². The van der Waals surface area contributed by atoms with Crippen LogP contribution in [0.4, 0.5) is 5.95 Å². The van der Waals surface area contributed by atoms with Crippen molar-refractivity contribution >= 4 is 5.95 Å². The van der Waals surface area contributed by atoms with Crippen LogP contribution in [0.2, 0.25) is 0 Å². The summed E-state index contributed by atoms with van der Waals surface area (Å²) in [6, 6.07) is 8.00. The molecule has 0 aliphatic heterocycles. The third-order valence-electron chi connectivity index (χ3n) is 2.95. The van der Waals surface area contributed by atoms with Gasteiger partial charge in [0.15, 0.2) is 0 Å². The minimum Gasteiger partial charge on any atom is -0.369 e. The second-order valence-electron chi connectivity index (χ2n) is 3.94. The van der Waals surface area contributed by atoms with E-state index in [0.717, 1.165) is 29.7 Å². The van der Waals surface area contributed by atoms with Gasteiger partial charge in [-0.25, -0.2) is 4.98 Å².